The molecule has 0 aliphatic carbocycles. The predicted octanol–water partition coefficient (Wildman–Crippen LogP) is 5.60. The fourth-order valence-electron chi connectivity index (χ4n) is 4.67. The molecular weight excluding hydrogens is 595 g/mol. The Morgan fingerprint density at radius 1 is 1.18 bits per heavy atom. The average molecular weight is 622 g/mol. The van der Waals surface area contributed by atoms with Crippen molar-refractivity contribution < 1.29 is 14.6 Å². The summed E-state index contributed by atoms with van der Waals surface area (Å²) in [7, 11) is 0. The summed E-state index contributed by atoms with van der Waals surface area (Å²) in [5, 5.41) is 16.7. The van der Waals surface area contributed by atoms with Crippen LogP contribution in [0.25, 0.3) is 21.1 Å². The standard InChI is InChI=1S/C27H25ClN6O3S.2ClH/c28-18-12-16(4-5-23(18)37-22-2-1-3-24-17(22)8-11-38-24)32-27-26-20(30-15-31-27)6-9-34(26)14-25(36)33-10-7-21(35)19(29)13-33;;/h1-6,8-9,11-12,15,19,21,35H,7,10,13-14,29H2,(H,30,31,32);2*1H/t19-,21-;;/m1../s1. The zero-order valence-electron chi connectivity index (χ0n) is 21.1. The lowest BCUT2D eigenvalue weighted by Crippen LogP contribution is -2.53. The first-order valence-corrected chi connectivity index (χ1v) is 13.4. The molecule has 9 nitrogen and oxygen atoms in total. The topological polar surface area (TPSA) is 119 Å². The Bertz CT molecular complexity index is 1640. The average Bonchev–Trinajstić information content (AvgIpc) is 3.56. The first-order valence-electron chi connectivity index (χ1n) is 12.2. The molecule has 1 aliphatic rings. The largest absolute Gasteiger partial charge is 0.455 e. The molecular formula is C27H27Cl3N6O3S. The van der Waals surface area contributed by atoms with Gasteiger partial charge >= 0.3 is 0 Å². The van der Waals surface area contributed by atoms with Crippen molar-refractivity contribution in [2.45, 2.75) is 25.1 Å². The van der Waals surface area contributed by atoms with Crippen LogP contribution in [-0.2, 0) is 11.3 Å². The summed E-state index contributed by atoms with van der Waals surface area (Å²) >= 11 is 8.26. The van der Waals surface area contributed by atoms with Gasteiger partial charge in [0.15, 0.2) is 5.82 Å². The molecule has 210 valence electrons. The van der Waals surface area contributed by atoms with Gasteiger partial charge in [-0.25, -0.2) is 9.97 Å². The minimum absolute atomic E-state index is 0. The van der Waals surface area contributed by atoms with Gasteiger partial charge in [0.1, 0.15) is 29.9 Å². The van der Waals surface area contributed by atoms with E-state index in [1.165, 1.54) is 6.33 Å². The summed E-state index contributed by atoms with van der Waals surface area (Å²) in [6.07, 6.45) is 3.18. The third kappa shape index (κ3) is 5.97. The van der Waals surface area contributed by atoms with Crippen molar-refractivity contribution in [3.63, 3.8) is 0 Å². The van der Waals surface area contributed by atoms with E-state index in [0.717, 1.165) is 15.8 Å². The highest BCUT2D eigenvalue weighted by atomic mass is 35.5. The molecule has 0 unspecified atom stereocenters. The van der Waals surface area contributed by atoms with Crippen LogP contribution in [-0.4, -0.2) is 55.7 Å². The maximum atomic E-state index is 13.0. The molecule has 4 heterocycles. The summed E-state index contributed by atoms with van der Waals surface area (Å²) in [6, 6.07) is 14.8. The van der Waals surface area contributed by atoms with Gasteiger partial charge in [-0.1, -0.05) is 17.7 Å². The lowest BCUT2D eigenvalue weighted by molar-refractivity contribution is -0.134. The number of nitrogens with two attached hydrogens (primary N) is 1. The number of hydrogen-bond donors (Lipinski definition) is 3. The molecule has 6 rings (SSSR count). The zero-order chi connectivity index (χ0) is 26.2. The molecule has 0 spiro atoms. The van der Waals surface area contributed by atoms with Gasteiger partial charge in [-0.15, -0.1) is 36.2 Å². The van der Waals surface area contributed by atoms with E-state index in [0.29, 0.717) is 52.8 Å². The summed E-state index contributed by atoms with van der Waals surface area (Å²) in [4.78, 5) is 23.5. The number of nitrogens with one attached hydrogen (secondary N) is 1. The van der Waals surface area contributed by atoms with Crippen LogP contribution in [0.1, 0.15) is 6.42 Å². The molecule has 0 bridgehead atoms. The second kappa shape index (κ2) is 12.6. The van der Waals surface area contributed by atoms with Gasteiger partial charge < -0.3 is 30.4 Å². The van der Waals surface area contributed by atoms with Crippen molar-refractivity contribution >= 4 is 86.3 Å². The van der Waals surface area contributed by atoms with Crippen molar-refractivity contribution in [1.82, 2.24) is 19.4 Å². The Hall–Kier alpha value is -3.12. The van der Waals surface area contributed by atoms with Gasteiger partial charge in [-0.05, 0) is 54.3 Å². The molecule has 0 saturated carbocycles. The van der Waals surface area contributed by atoms with Crippen molar-refractivity contribution in [3.8, 4) is 11.5 Å². The number of rotatable bonds is 6. The summed E-state index contributed by atoms with van der Waals surface area (Å²) in [5.74, 6) is 1.76. The van der Waals surface area contributed by atoms with Crippen LogP contribution in [0.5, 0.6) is 11.5 Å². The number of aliphatic hydroxyl groups is 1. The van der Waals surface area contributed by atoms with Crippen molar-refractivity contribution in [1.29, 1.82) is 0 Å². The van der Waals surface area contributed by atoms with Crippen LogP contribution in [0.2, 0.25) is 5.02 Å². The predicted molar refractivity (Wildman–Crippen MR) is 164 cm³/mol. The number of fused-ring (bicyclic) bond motifs is 2. The number of hydrogen-bond acceptors (Lipinski definition) is 8. The van der Waals surface area contributed by atoms with E-state index in [4.69, 9.17) is 22.1 Å². The van der Waals surface area contributed by atoms with Crippen LogP contribution >= 0.6 is 47.8 Å². The fraction of sp³-hybridized carbons (Fsp3) is 0.222. The molecule has 40 heavy (non-hydrogen) atoms. The SMILES string of the molecule is Cl.Cl.N[C@@H]1CN(C(=O)Cn2ccc3ncnc(Nc4ccc(Oc5cccc6sccc56)c(Cl)c4)c32)CC[C@H]1O. The second-order valence-corrected chi connectivity index (χ2v) is 10.6. The number of carbonyl (C=O) groups is 1. The molecule has 5 aromatic rings. The van der Waals surface area contributed by atoms with Crippen molar-refractivity contribution in [2.24, 2.45) is 5.73 Å². The maximum Gasteiger partial charge on any atom is 0.242 e. The quantitative estimate of drug-likeness (QED) is 0.226. The number of halogens is 3. The van der Waals surface area contributed by atoms with Gasteiger partial charge in [-0.3, -0.25) is 4.79 Å². The summed E-state index contributed by atoms with van der Waals surface area (Å²) in [5.41, 5.74) is 8.08. The van der Waals surface area contributed by atoms with Crippen molar-refractivity contribution in [2.75, 3.05) is 18.4 Å². The lowest BCUT2D eigenvalue weighted by atomic mass is 10.0. The monoisotopic (exact) mass is 620 g/mol. The first-order chi connectivity index (χ1) is 18.5. The number of ether oxygens (including phenoxy) is 1. The fourth-order valence-corrected chi connectivity index (χ4v) is 5.69. The Labute approximate surface area is 251 Å². The second-order valence-electron chi connectivity index (χ2n) is 9.22. The van der Waals surface area contributed by atoms with Gasteiger partial charge in [0.05, 0.1) is 16.6 Å². The molecule has 3 aromatic heterocycles. The number of anilines is 2. The van der Waals surface area contributed by atoms with Gasteiger partial charge in [0.2, 0.25) is 5.91 Å². The van der Waals surface area contributed by atoms with Crippen molar-refractivity contribution in [3.05, 3.63) is 71.5 Å². The highest BCUT2D eigenvalue weighted by Gasteiger charge is 2.28. The number of piperidine rings is 1. The van der Waals surface area contributed by atoms with E-state index in [1.54, 1.807) is 22.3 Å². The Kier molecular flexibility index (Phi) is 9.40. The smallest absolute Gasteiger partial charge is 0.242 e. The third-order valence-corrected chi connectivity index (χ3v) is 7.88. The number of amides is 1. The molecule has 0 radical (unpaired) electrons. The van der Waals surface area contributed by atoms with E-state index in [9.17, 15) is 9.90 Å². The van der Waals surface area contributed by atoms with Crippen LogP contribution < -0.4 is 15.8 Å². The molecule has 2 aromatic carbocycles. The van der Waals surface area contributed by atoms with Crippen LogP contribution in [0.3, 0.4) is 0 Å². The minimum Gasteiger partial charge on any atom is -0.455 e. The lowest BCUT2D eigenvalue weighted by Gasteiger charge is -2.34. The van der Waals surface area contributed by atoms with E-state index in [2.05, 4.69) is 21.4 Å². The maximum absolute atomic E-state index is 13.0. The molecule has 2 atom stereocenters. The zero-order valence-corrected chi connectivity index (χ0v) is 24.3. The number of nitrogens with zero attached hydrogens (tertiary/aromatic N) is 4. The highest BCUT2D eigenvalue weighted by molar-refractivity contribution is 7.17. The van der Waals surface area contributed by atoms with Crippen LogP contribution in [0.15, 0.2) is 66.4 Å². The number of aromatic nitrogens is 3. The molecule has 1 aliphatic heterocycles. The third-order valence-electron chi connectivity index (χ3n) is 6.70. The number of likely N-dealkylation sites (tertiary alicyclic amines) is 1. The van der Waals surface area contributed by atoms with Gasteiger partial charge in [0, 0.05) is 41.1 Å². The van der Waals surface area contributed by atoms with Gasteiger partial charge in [-0.2, -0.15) is 0 Å². The Balaban J connectivity index is 0.00000185. The van der Waals surface area contributed by atoms with Crippen LogP contribution in [0.4, 0.5) is 11.5 Å². The molecule has 1 amide bonds. The first kappa shape index (κ1) is 29.9. The summed E-state index contributed by atoms with van der Waals surface area (Å²) < 4.78 is 9.09. The minimum atomic E-state index is -0.580. The number of aliphatic hydroxyl groups excluding tert-OH is 1. The normalized spacial score (nSPS) is 16.8. The number of carbonyl (C=O) groups excluding carboxylic acids is 1. The van der Waals surface area contributed by atoms with Crippen LogP contribution in [0, 0.1) is 0 Å². The van der Waals surface area contributed by atoms with E-state index in [-0.39, 0.29) is 37.3 Å². The van der Waals surface area contributed by atoms with E-state index < -0.39 is 12.1 Å². The number of benzene rings is 2. The molecule has 4 N–H and O–H groups in total. The van der Waals surface area contributed by atoms with E-state index in [1.807, 2.05) is 52.5 Å². The highest BCUT2D eigenvalue weighted by Crippen LogP contribution is 2.37. The molecule has 13 heteroatoms. The van der Waals surface area contributed by atoms with Gasteiger partial charge in [0.25, 0.3) is 0 Å². The summed E-state index contributed by atoms with van der Waals surface area (Å²) in [6.45, 7) is 0.910. The Morgan fingerprint density at radius 3 is 2.83 bits per heavy atom. The van der Waals surface area contributed by atoms with E-state index >= 15 is 0 Å². The molecule has 1 fully saturated rings. The Morgan fingerprint density at radius 2 is 2.02 bits per heavy atom. The number of thiophene rings is 1. The molecule has 1 saturated heterocycles.